The molecule has 2 aromatic heterocycles. The molecule has 0 bridgehead atoms. The van der Waals surface area contributed by atoms with Gasteiger partial charge in [0.2, 0.25) is 10.0 Å². The van der Waals surface area contributed by atoms with Crippen LogP contribution in [-0.2, 0) is 23.2 Å². The monoisotopic (exact) mass is 540 g/mol. The summed E-state index contributed by atoms with van der Waals surface area (Å²) in [6.07, 6.45) is -3.21. The van der Waals surface area contributed by atoms with Crippen LogP contribution < -0.4 is 0 Å². The Balaban J connectivity index is 1.48. The van der Waals surface area contributed by atoms with Crippen LogP contribution in [0.2, 0.25) is 0 Å². The van der Waals surface area contributed by atoms with Crippen LogP contribution >= 0.6 is 0 Å². The summed E-state index contributed by atoms with van der Waals surface area (Å²) in [7, 11) is -2.27. The SMILES string of the molecule is Cn1cc2c(n1)c1cc(S(=O)(=O)N3C[C@H](O)C[C@@H]3c3ccccc3)ccc1n2-c1ccc(C(F)(F)F)cc1. The summed E-state index contributed by atoms with van der Waals surface area (Å²) < 4.78 is 71.7. The van der Waals surface area contributed by atoms with Crippen molar-refractivity contribution in [2.24, 2.45) is 7.05 Å². The van der Waals surface area contributed by atoms with Gasteiger partial charge in [0.25, 0.3) is 0 Å². The predicted octanol–water partition coefficient (Wildman–Crippen LogP) is 5.03. The predicted molar refractivity (Wildman–Crippen MR) is 136 cm³/mol. The number of nitrogens with zero attached hydrogens (tertiary/aromatic N) is 4. The third-order valence-electron chi connectivity index (χ3n) is 6.99. The van der Waals surface area contributed by atoms with Gasteiger partial charge >= 0.3 is 6.18 Å². The number of benzene rings is 3. The van der Waals surface area contributed by atoms with E-state index in [0.29, 0.717) is 34.0 Å². The molecule has 0 amide bonds. The van der Waals surface area contributed by atoms with Crippen LogP contribution in [0.1, 0.15) is 23.6 Å². The number of β-amino-alcohol motifs (C(OH)–C–C–N with tert-alkyl or cyclic N) is 1. The van der Waals surface area contributed by atoms with Crippen molar-refractivity contribution < 1.29 is 26.7 Å². The molecule has 38 heavy (non-hydrogen) atoms. The van der Waals surface area contributed by atoms with Crippen LogP contribution in [0.4, 0.5) is 13.2 Å². The molecule has 1 saturated heterocycles. The molecule has 1 aliphatic rings. The summed E-state index contributed by atoms with van der Waals surface area (Å²) in [5.74, 6) is 0. The highest BCUT2D eigenvalue weighted by Gasteiger charge is 2.40. The molecule has 7 nitrogen and oxygen atoms in total. The lowest BCUT2D eigenvalue weighted by molar-refractivity contribution is -0.137. The maximum Gasteiger partial charge on any atom is 0.416 e. The number of halogens is 3. The second-order valence-corrected chi connectivity index (χ2v) is 11.4. The van der Waals surface area contributed by atoms with Crippen LogP contribution in [-0.4, -0.2) is 44.8 Å². The zero-order valence-corrected chi connectivity index (χ0v) is 21.0. The lowest BCUT2D eigenvalue weighted by atomic mass is 10.1. The molecular formula is C27H23F3N4O3S. The van der Waals surface area contributed by atoms with Crippen LogP contribution in [0, 0.1) is 0 Å². The first-order valence-electron chi connectivity index (χ1n) is 11.9. The Bertz CT molecular complexity index is 1760. The lowest BCUT2D eigenvalue weighted by Crippen LogP contribution is -2.31. The van der Waals surface area contributed by atoms with E-state index in [-0.39, 0.29) is 11.4 Å². The molecule has 3 aromatic carbocycles. The first kappa shape index (κ1) is 24.7. The van der Waals surface area contributed by atoms with Crippen molar-refractivity contribution in [3.8, 4) is 5.69 Å². The van der Waals surface area contributed by atoms with E-state index in [1.165, 1.54) is 22.5 Å². The minimum Gasteiger partial charge on any atom is -0.392 e. The summed E-state index contributed by atoms with van der Waals surface area (Å²) in [4.78, 5) is 0.0529. The van der Waals surface area contributed by atoms with Crippen molar-refractivity contribution in [3.05, 3.63) is 90.1 Å². The largest absolute Gasteiger partial charge is 0.416 e. The van der Waals surface area contributed by atoms with Gasteiger partial charge in [0.1, 0.15) is 5.52 Å². The molecule has 0 radical (unpaired) electrons. The van der Waals surface area contributed by atoms with Crippen molar-refractivity contribution in [3.63, 3.8) is 0 Å². The quantitative estimate of drug-likeness (QED) is 0.347. The smallest absolute Gasteiger partial charge is 0.392 e. The Labute approximate surface area is 216 Å². The standard InChI is InChI=1S/C27H23F3N4O3S/c1-32-16-25-26(31-32)22-14-21(11-12-23(22)34(25)19-9-7-18(8-10-19)27(28,29)30)38(36,37)33-15-20(35)13-24(33)17-5-3-2-4-6-17/h2-12,14,16,20,24,35H,13,15H2,1H3/t20-,24-/m1/s1. The molecule has 0 unspecified atom stereocenters. The summed E-state index contributed by atoms with van der Waals surface area (Å²) in [5, 5.41) is 15.4. The molecule has 1 aliphatic heterocycles. The van der Waals surface area contributed by atoms with Crippen molar-refractivity contribution >= 4 is 32.0 Å². The minimum atomic E-state index is -4.45. The van der Waals surface area contributed by atoms with E-state index >= 15 is 0 Å². The third kappa shape index (κ3) is 3.98. The Hall–Kier alpha value is -3.67. The Morgan fingerprint density at radius 2 is 1.68 bits per heavy atom. The van der Waals surface area contributed by atoms with E-state index in [9.17, 15) is 26.7 Å². The number of aliphatic hydroxyl groups excluding tert-OH is 1. The Morgan fingerprint density at radius 1 is 0.974 bits per heavy atom. The molecule has 2 atom stereocenters. The fourth-order valence-corrected chi connectivity index (χ4v) is 6.95. The Kier molecular flexibility index (Phi) is 5.64. The molecule has 0 aliphatic carbocycles. The van der Waals surface area contributed by atoms with Crippen molar-refractivity contribution in [2.45, 2.75) is 29.6 Å². The van der Waals surface area contributed by atoms with Gasteiger partial charge in [0, 0.05) is 30.9 Å². The molecule has 1 N–H and O–H groups in total. The summed E-state index contributed by atoms with van der Waals surface area (Å²) in [6, 6.07) is 18.2. The highest BCUT2D eigenvalue weighted by molar-refractivity contribution is 7.89. The molecule has 196 valence electrons. The van der Waals surface area contributed by atoms with Gasteiger partial charge in [-0.1, -0.05) is 30.3 Å². The van der Waals surface area contributed by atoms with E-state index < -0.39 is 33.9 Å². The molecule has 0 saturated carbocycles. The van der Waals surface area contributed by atoms with E-state index in [4.69, 9.17) is 0 Å². The highest BCUT2D eigenvalue weighted by Crippen LogP contribution is 2.39. The zero-order valence-electron chi connectivity index (χ0n) is 20.2. The third-order valence-corrected chi connectivity index (χ3v) is 8.86. The van der Waals surface area contributed by atoms with Gasteiger partial charge < -0.3 is 9.67 Å². The first-order chi connectivity index (χ1) is 18.0. The fourth-order valence-electron chi connectivity index (χ4n) is 5.26. The lowest BCUT2D eigenvalue weighted by Gasteiger charge is -2.24. The van der Waals surface area contributed by atoms with E-state index in [2.05, 4.69) is 5.10 Å². The fraction of sp³-hybridized carbons (Fsp3) is 0.222. The van der Waals surface area contributed by atoms with E-state index in [1.807, 2.05) is 30.3 Å². The van der Waals surface area contributed by atoms with E-state index in [0.717, 1.165) is 17.7 Å². The molecular weight excluding hydrogens is 517 g/mol. The molecule has 11 heteroatoms. The number of aromatic nitrogens is 3. The number of aliphatic hydroxyl groups is 1. The van der Waals surface area contributed by atoms with Gasteiger partial charge in [-0.15, -0.1) is 0 Å². The van der Waals surface area contributed by atoms with Crippen molar-refractivity contribution in [1.29, 1.82) is 0 Å². The topological polar surface area (TPSA) is 80.4 Å². The minimum absolute atomic E-state index is 0.0223. The van der Waals surface area contributed by atoms with Gasteiger partial charge in [-0.05, 0) is 54.4 Å². The molecule has 1 fully saturated rings. The van der Waals surface area contributed by atoms with Gasteiger partial charge in [-0.3, -0.25) is 4.68 Å². The first-order valence-corrected chi connectivity index (χ1v) is 13.4. The maximum atomic E-state index is 13.8. The number of rotatable bonds is 4. The maximum absolute atomic E-state index is 13.8. The molecule has 5 aromatic rings. The van der Waals surface area contributed by atoms with Crippen LogP contribution in [0.3, 0.4) is 0 Å². The van der Waals surface area contributed by atoms with Gasteiger partial charge in [0.15, 0.2) is 0 Å². The highest BCUT2D eigenvalue weighted by atomic mass is 32.2. The molecule has 0 spiro atoms. The molecule has 3 heterocycles. The number of hydrogen-bond acceptors (Lipinski definition) is 4. The second kappa shape index (κ2) is 8.69. The normalized spacial score (nSPS) is 19.1. The number of sulfonamides is 1. The van der Waals surface area contributed by atoms with Crippen LogP contribution in [0.5, 0.6) is 0 Å². The van der Waals surface area contributed by atoms with E-state index in [1.54, 1.807) is 34.6 Å². The Morgan fingerprint density at radius 3 is 2.37 bits per heavy atom. The van der Waals surface area contributed by atoms with Gasteiger partial charge in [-0.2, -0.15) is 22.6 Å². The van der Waals surface area contributed by atoms with Crippen molar-refractivity contribution in [1.82, 2.24) is 18.7 Å². The summed E-state index contributed by atoms with van der Waals surface area (Å²) in [6.45, 7) is -0.0223. The van der Waals surface area contributed by atoms with Gasteiger partial charge in [-0.25, -0.2) is 8.42 Å². The average Bonchev–Trinajstić information content (AvgIpc) is 3.55. The number of hydrogen-bond donors (Lipinski definition) is 1. The number of aryl methyl sites for hydroxylation is 1. The number of fused-ring (bicyclic) bond motifs is 3. The van der Waals surface area contributed by atoms with Crippen molar-refractivity contribution in [2.75, 3.05) is 6.54 Å². The zero-order chi connectivity index (χ0) is 26.8. The number of alkyl halides is 3. The second-order valence-electron chi connectivity index (χ2n) is 9.49. The summed E-state index contributed by atoms with van der Waals surface area (Å²) >= 11 is 0. The van der Waals surface area contributed by atoms with Gasteiger partial charge in [0.05, 0.1) is 33.6 Å². The van der Waals surface area contributed by atoms with Crippen LogP contribution in [0.25, 0.3) is 27.6 Å². The van der Waals surface area contributed by atoms with Crippen LogP contribution in [0.15, 0.2) is 83.9 Å². The average molecular weight is 541 g/mol. The molecule has 6 rings (SSSR count). The summed E-state index contributed by atoms with van der Waals surface area (Å²) in [5.41, 5.74) is 2.32.